The highest BCUT2D eigenvalue weighted by molar-refractivity contribution is 9.10. The lowest BCUT2D eigenvalue weighted by molar-refractivity contribution is 0.0727. The second-order valence-electron chi connectivity index (χ2n) is 5.61. The number of hydrogen-bond acceptors (Lipinski definition) is 4. The Morgan fingerprint density at radius 2 is 1.88 bits per heavy atom. The fraction of sp³-hybridized carbons (Fsp3) is 0.235. The van der Waals surface area contributed by atoms with Crippen molar-refractivity contribution in [2.24, 2.45) is 0 Å². The highest BCUT2D eigenvalue weighted by atomic mass is 79.9. The summed E-state index contributed by atoms with van der Waals surface area (Å²) in [5, 5.41) is 0. The first kappa shape index (κ1) is 19.6. The fourth-order valence-corrected chi connectivity index (χ4v) is 3.69. The number of sulfonamides is 1. The zero-order chi connectivity index (χ0) is 18.8. The fourth-order valence-electron chi connectivity index (χ4n) is 1.94. The molecule has 134 valence electrons. The molecule has 0 aromatic heterocycles. The molecule has 0 atom stereocenters. The van der Waals surface area contributed by atoms with E-state index in [1.807, 2.05) is 0 Å². The Morgan fingerprint density at radius 1 is 1.20 bits per heavy atom. The average Bonchev–Trinajstić information content (AvgIpc) is 2.56. The maximum absolute atomic E-state index is 13.8. The van der Waals surface area contributed by atoms with Crippen molar-refractivity contribution in [3.63, 3.8) is 0 Å². The van der Waals surface area contributed by atoms with Crippen LogP contribution in [0, 0.1) is 5.82 Å². The largest absolute Gasteiger partial charge is 0.420 e. The number of benzene rings is 2. The van der Waals surface area contributed by atoms with Gasteiger partial charge < -0.3 is 4.74 Å². The van der Waals surface area contributed by atoms with Gasteiger partial charge in [-0.2, -0.15) is 4.31 Å². The quantitative estimate of drug-likeness (QED) is 0.534. The summed E-state index contributed by atoms with van der Waals surface area (Å²) in [7, 11) is -2.28. The van der Waals surface area contributed by atoms with Crippen LogP contribution in [0.1, 0.15) is 24.2 Å². The van der Waals surface area contributed by atoms with Gasteiger partial charge in [0.25, 0.3) is 0 Å². The normalized spacial score (nSPS) is 11.8. The van der Waals surface area contributed by atoms with E-state index in [2.05, 4.69) is 15.9 Å². The lowest BCUT2D eigenvalue weighted by Gasteiger charge is -2.21. The zero-order valence-electron chi connectivity index (χ0n) is 13.9. The van der Waals surface area contributed by atoms with Crippen LogP contribution in [0.4, 0.5) is 4.39 Å². The zero-order valence-corrected chi connectivity index (χ0v) is 16.3. The molecule has 0 fully saturated rings. The van der Waals surface area contributed by atoms with Gasteiger partial charge in [-0.15, -0.1) is 0 Å². The molecule has 0 aliphatic heterocycles. The molecule has 0 aliphatic carbocycles. The van der Waals surface area contributed by atoms with Crippen molar-refractivity contribution >= 4 is 31.9 Å². The van der Waals surface area contributed by atoms with E-state index in [4.69, 9.17) is 4.74 Å². The lowest BCUT2D eigenvalue weighted by atomic mass is 10.2. The Kier molecular flexibility index (Phi) is 5.97. The van der Waals surface area contributed by atoms with Crippen LogP contribution in [0.5, 0.6) is 5.75 Å². The van der Waals surface area contributed by atoms with E-state index >= 15 is 0 Å². The Hall–Kier alpha value is -1.77. The summed E-state index contributed by atoms with van der Waals surface area (Å²) < 4.78 is 45.5. The van der Waals surface area contributed by atoms with E-state index in [9.17, 15) is 17.6 Å². The van der Waals surface area contributed by atoms with Crippen molar-refractivity contribution in [2.75, 3.05) is 7.05 Å². The highest BCUT2D eigenvalue weighted by Gasteiger charge is 2.24. The Morgan fingerprint density at radius 3 is 2.48 bits per heavy atom. The minimum absolute atomic E-state index is 0.0144. The molecule has 25 heavy (non-hydrogen) atoms. The van der Waals surface area contributed by atoms with Crippen LogP contribution in [0.25, 0.3) is 0 Å². The van der Waals surface area contributed by atoms with Gasteiger partial charge in [0.1, 0.15) is 0 Å². The maximum Gasteiger partial charge on any atom is 0.343 e. The third-order valence-corrected chi connectivity index (χ3v) is 6.09. The minimum Gasteiger partial charge on any atom is -0.420 e. The lowest BCUT2D eigenvalue weighted by Crippen LogP contribution is -2.33. The van der Waals surface area contributed by atoms with Crippen LogP contribution in [0.2, 0.25) is 0 Å². The van der Waals surface area contributed by atoms with Gasteiger partial charge in [-0.25, -0.2) is 17.6 Å². The minimum atomic E-state index is -3.74. The molecular formula is C17H17BrFNO4S. The summed E-state index contributed by atoms with van der Waals surface area (Å²) in [4.78, 5) is 12.2. The van der Waals surface area contributed by atoms with Crippen molar-refractivity contribution in [3.05, 3.63) is 58.3 Å². The molecule has 0 saturated heterocycles. The summed E-state index contributed by atoms with van der Waals surface area (Å²) >= 11 is 3.11. The van der Waals surface area contributed by atoms with Gasteiger partial charge in [-0.1, -0.05) is 22.0 Å². The number of carbonyl (C=O) groups is 1. The standard InChI is InChI=1S/C17H17BrFNO4S/c1-11(2)20(3)25(22,23)14-6-4-5-12(9-14)17(21)24-16-8-7-13(18)10-15(16)19/h4-11H,1-3H3. The van der Waals surface area contributed by atoms with Gasteiger partial charge in [0.05, 0.1) is 10.5 Å². The summed E-state index contributed by atoms with van der Waals surface area (Å²) in [5.74, 6) is -1.78. The Bertz CT molecular complexity index is 899. The van der Waals surface area contributed by atoms with Gasteiger partial charge in [-0.05, 0) is 50.2 Å². The average molecular weight is 430 g/mol. The predicted octanol–water partition coefficient (Wildman–Crippen LogP) is 3.84. The highest BCUT2D eigenvalue weighted by Crippen LogP contribution is 2.23. The van der Waals surface area contributed by atoms with Gasteiger partial charge in [0, 0.05) is 17.6 Å². The van der Waals surface area contributed by atoms with Crippen molar-refractivity contribution < 1.29 is 22.3 Å². The van der Waals surface area contributed by atoms with Gasteiger partial charge in [-0.3, -0.25) is 0 Å². The van der Waals surface area contributed by atoms with Gasteiger partial charge in [0.15, 0.2) is 11.6 Å². The molecule has 0 radical (unpaired) electrons. The van der Waals surface area contributed by atoms with E-state index in [1.165, 1.54) is 53.8 Å². The van der Waals surface area contributed by atoms with Crippen LogP contribution in [-0.2, 0) is 10.0 Å². The molecule has 8 heteroatoms. The van der Waals surface area contributed by atoms with Crippen LogP contribution >= 0.6 is 15.9 Å². The molecule has 0 saturated carbocycles. The second-order valence-corrected chi connectivity index (χ2v) is 8.52. The first-order valence-electron chi connectivity index (χ1n) is 7.38. The maximum atomic E-state index is 13.8. The first-order chi connectivity index (χ1) is 11.6. The van der Waals surface area contributed by atoms with Crippen molar-refractivity contribution in [2.45, 2.75) is 24.8 Å². The predicted molar refractivity (Wildman–Crippen MR) is 95.6 cm³/mol. The molecule has 5 nitrogen and oxygen atoms in total. The van der Waals surface area contributed by atoms with Crippen molar-refractivity contribution in [1.82, 2.24) is 4.31 Å². The molecule has 0 heterocycles. The van der Waals surface area contributed by atoms with E-state index < -0.39 is 21.8 Å². The molecule has 0 N–H and O–H groups in total. The Balaban J connectivity index is 2.30. The molecule has 2 aromatic rings. The summed E-state index contributed by atoms with van der Waals surface area (Å²) in [6.07, 6.45) is 0. The smallest absolute Gasteiger partial charge is 0.343 e. The molecule has 0 amide bonds. The van der Waals surface area contributed by atoms with Crippen LogP contribution < -0.4 is 4.74 Å². The number of halogens is 2. The first-order valence-corrected chi connectivity index (χ1v) is 9.61. The number of carbonyl (C=O) groups excluding carboxylic acids is 1. The van der Waals surface area contributed by atoms with E-state index in [0.29, 0.717) is 4.47 Å². The van der Waals surface area contributed by atoms with Gasteiger partial charge in [0.2, 0.25) is 10.0 Å². The molecule has 0 spiro atoms. The van der Waals surface area contributed by atoms with E-state index in [0.717, 1.165) is 0 Å². The third-order valence-electron chi connectivity index (χ3n) is 3.57. The van der Waals surface area contributed by atoms with Crippen molar-refractivity contribution in [1.29, 1.82) is 0 Å². The molecule has 2 rings (SSSR count). The summed E-state index contributed by atoms with van der Waals surface area (Å²) in [5.41, 5.74) is 0.0144. The van der Waals surface area contributed by atoms with Crippen molar-refractivity contribution in [3.8, 4) is 5.75 Å². The Labute approximate surface area is 154 Å². The monoisotopic (exact) mass is 429 g/mol. The van der Waals surface area contributed by atoms with Crippen LogP contribution in [-0.4, -0.2) is 31.8 Å². The van der Waals surface area contributed by atoms with Crippen LogP contribution in [0.15, 0.2) is 51.8 Å². The number of ether oxygens (including phenoxy) is 1. The molecule has 2 aromatic carbocycles. The molecular weight excluding hydrogens is 413 g/mol. The molecule has 0 unspecified atom stereocenters. The number of esters is 1. The number of nitrogens with zero attached hydrogens (tertiary/aromatic N) is 1. The van der Waals surface area contributed by atoms with E-state index in [1.54, 1.807) is 13.8 Å². The summed E-state index contributed by atoms with van der Waals surface area (Å²) in [6, 6.07) is 9.23. The topological polar surface area (TPSA) is 63.7 Å². The number of rotatable bonds is 5. The second kappa shape index (κ2) is 7.63. The third kappa shape index (κ3) is 4.45. The summed E-state index contributed by atoms with van der Waals surface area (Å²) in [6.45, 7) is 3.48. The van der Waals surface area contributed by atoms with E-state index in [-0.39, 0.29) is 22.3 Å². The molecule has 0 aliphatic rings. The van der Waals surface area contributed by atoms with Crippen LogP contribution in [0.3, 0.4) is 0 Å². The number of hydrogen-bond donors (Lipinski definition) is 0. The SMILES string of the molecule is CC(C)N(C)S(=O)(=O)c1cccc(C(=O)Oc2ccc(Br)cc2F)c1. The molecule has 0 bridgehead atoms. The van der Waals surface area contributed by atoms with Gasteiger partial charge >= 0.3 is 5.97 Å².